The number of hydrogen-bond donors (Lipinski definition) is 5. The fraction of sp³-hybridized carbons (Fsp3) is 0.562. The van der Waals surface area contributed by atoms with Crippen molar-refractivity contribution in [2.24, 2.45) is 0 Å². The SMILES string of the molecule is CCCc1ccccc1C(=O)OC[C@H](O)[C@@H](O)[C@H](O)[C@H](O)CO. The van der Waals surface area contributed by atoms with Crippen molar-refractivity contribution in [3.63, 3.8) is 0 Å². The molecule has 0 bridgehead atoms. The standard InChI is InChI=1S/C16H24O7/c1-2-5-10-6-3-4-7-11(10)16(22)23-9-13(19)15(21)14(20)12(18)8-17/h3-4,6-7,12-15,17-21H,2,5,8-9H2,1H3/t12-,13+,14-,15-/m1/s1. The first kappa shape index (κ1) is 19.5. The van der Waals surface area contributed by atoms with Crippen molar-refractivity contribution in [2.75, 3.05) is 13.2 Å². The van der Waals surface area contributed by atoms with E-state index in [1.165, 1.54) is 0 Å². The van der Waals surface area contributed by atoms with Gasteiger partial charge in [-0.2, -0.15) is 0 Å². The minimum Gasteiger partial charge on any atom is -0.459 e. The van der Waals surface area contributed by atoms with Gasteiger partial charge in [-0.25, -0.2) is 4.79 Å². The largest absolute Gasteiger partial charge is 0.459 e. The van der Waals surface area contributed by atoms with Crippen LogP contribution in [0.2, 0.25) is 0 Å². The van der Waals surface area contributed by atoms with Crippen LogP contribution in [0.5, 0.6) is 0 Å². The van der Waals surface area contributed by atoms with E-state index in [9.17, 15) is 25.2 Å². The predicted octanol–water partition coefficient (Wildman–Crippen LogP) is -0.768. The normalized spacial score (nSPS) is 16.4. The summed E-state index contributed by atoms with van der Waals surface area (Å²) >= 11 is 0. The molecule has 7 nitrogen and oxygen atoms in total. The third kappa shape index (κ3) is 5.56. The van der Waals surface area contributed by atoms with Gasteiger partial charge in [0.2, 0.25) is 0 Å². The first-order valence-corrected chi connectivity index (χ1v) is 7.50. The first-order valence-electron chi connectivity index (χ1n) is 7.50. The highest BCUT2D eigenvalue weighted by Crippen LogP contribution is 2.13. The van der Waals surface area contributed by atoms with Gasteiger partial charge in [-0.05, 0) is 18.1 Å². The maximum atomic E-state index is 12.1. The van der Waals surface area contributed by atoms with E-state index in [0.717, 1.165) is 12.0 Å². The van der Waals surface area contributed by atoms with Crippen LogP contribution in [0.3, 0.4) is 0 Å². The third-order valence-electron chi connectivity index (χ3n) is 3.47. The summed E-state index contributed by atoms with van der Waals surface area (Å²) in [5.74, 6) is -0.641. The van der Waals surface area contributed by atoms with Gasteiger partial charge in [-0.15, -0.1) is 0 Å². The van der Waals surface area contributed by atoms with E-state index in [1.807, 2.05) is 19.1 Å². The van der Waals surface area contributed by atoms with E-state index in [1.54, 1.807) is 12.1 Å². The summed E-state index contributed by atoms with van der Waals surface area (Å²) in [6.45, 7) is 0.668. The average molecular weight is 328 g/mol. The van der Waals surface area contributed by atoms with E-state index < -0.39 is 43.6 Å². The molecule has 0 saturated heterocycles. The van der Waals surface area contributed by atoms with E-state index in [-0.39, 0.29) is 0 Å². The Hall–Kier alpha value is -1.51. The molecule has 0 radical (unpaired) electrons. The predicted molar refractivity (Wildman–Crippen MR) is 81.8 cm³/mol. The van der Waals surface area contributed by atoms with Crippen molar-refractivity contribution in [1.82, 2.24) is 0 Å². The lowest BCUT2D eigenvalue weighted by atomic mass is 10.0. The smallest absolute Gasteiger partial charge is 0.338 e. The van der Waals surface area contributed by atoms with Crippen LogP contribution in [0.4, 0.5) is 0 Å². The Kier molecular flexibility index (Phi) is 8.15. The van der Waals surface area contributed by atoms with Gasteiger partial charge < -0.3 is 30.3 Å². The Morgan fingerprint density at radius 1 is 1.09 bits per heavy atom. The number of benzene rings is 1. The molecule has 1 rings (SSSR count). The zero-order valence-corrected chi connectivity index (χ0v) is 13.0. The van der Waals surface area contributed by atoms with Crippen molar-refractivity contribution in [3.8, 4) is 0 Å². The first-order chi connectivity index (χ1) is 10.9. The molecule has 0 aliphatic heterocycles. The van der Waals surface area contributed by atoms with Crippen LogP contribution in [0, 0.1) is 0 Å². The molecule has 0 fully saturated rings. The lowest BCUT2D eigenvalue weighted by Crippen LogP contribution is -2.47. The third-order valence-corrected chi connectivity index (χ3v) is 3.47. The number of hydrogen-bond acceptors (Lipinski definition) is 7. The number of esters is 1. The molecule has 1 aromatic carbocycles. The fourth-order valence-corrected chi connectivity index (χ4v) is 2.11. The molecule has 0 spiro atoms. The zero-order valence-electron chi connectivity index (χ0n) is 13.0. The van der Waals surface area contributed by atoms with E-state index in [4.69, 9.17) is 9.84 Å². The van der Waals surface area contributed by atoms with Crippen molar-refractivity contribution in [2.45, 2.75) is 44.2 Å². The van der Waals surface area contributed by atoms with Crippen LogP contribution >= 0.6 is 0 Å². The highest BCUT2D eigenvalue weighted by atomic mass is 16.5. The molecule has 0 heterocycles. The number of ether oxygens (including phenoxy) is 1. The van der Waals surface area contributed by atoms with Crippen LogP contribution in [-0.2, 0) is 11.2 Å². The van der Waals surface area contributed by atoms with Gasteiger partial charge in [0, 0.05) is 0 Å². The van der Waals surface area contributed by atoms with E-state index in [2.05, 4.69) is 0 Å². The topological polar surface area (TPSA) is 127 Å². The number of aliphatic hydroxyl groups is 5. The van der Waals surface area contributed by atoms with Crippen LogP contribution in [0.1, 0.15) is 29.3 Å². The van der Waals surface area contributed by atoms with Crippen LogP contribution in [0.25, 0.3) is 0 Å². The highest BCUT2D eigenvalue weighted by molar-refractivity contribution is 5.91. The van der Waals surface area contributed by atoms with Gasteiger partial charge in [0.05, 0.1) is 12.2 Å². The van der Waals surface area contributed by atoms with Gasteiger partial charge >= 0.3 is 5.97 Å². The molecule has 0 unspecified atom stereocenters. The molecule has 0 amide bonds. The van der Waals surface area contributed by atoms with Gasteiger partial charge in [-0.3, -0.25) is 0 Å². The summed E-state index contributed by atoms with van der Waals surface area (Å²) in [4.78, 5) is 12.1. The molecule has 5 N–H and O–H groups in total. The lowest BCUT2D eigenvalue weighted by Gasteiger charge is -2.25. The number of carbonyl (C=O) groups is 1. The molecule has 4 atom stereocenters. The number of rotatable bonds is 9. The number of aryl methyl sites for hydroxylation is 1. The maximum Gasteiger partial charge on any atom is 0.338 e. The molecule has 130 valence electrons. The molecule has 0 saturated carbocycles. The number of carbonyl (C=O) groups excluding carboxylic acids is 1. The molecule has 0 aliphatic rings. The van der Waals surface area contributed by atoms with E-state index >= 15 is 0 Å². The minimum absolute atomic E-state index is 0.381. The quantitative estimate of drug-likeness (QED) is 0.377. The Bertz CT molecular complexity index is 491. The van der Waals surface area contributed by atoms with Crippen molar-refractivity contribution >= 4 is 5.97 Å². The highest BCUT2D eigenvalue weighted by Gasteiger charge is 2.30. The monoisotopic (exact) mass is 328 g/mol. The number of aliphatic hydroxyl groups excluding tert-OH is 5. The molecule has 7 heteroatoms. The second-order valence-corrected chi connectivity index (χ2v) is 5.30. The second kappa shape index (κ2) is 9.59. The van der Waals surface area contributed by atoms with Crippen LogP contribution in [-0.4, -0.2) is 69.1 Å². The van der Waals surface area contributed by atoms with Crippen LogP contribution < -0.4 is 0 Å². The van der Waals surface area contributed by atoms with Crippen molar-refractivity contribution in [1.29, 1.82) is 0 Å². The minimum atomic E-state index is -1.75. The summed E-state index contributed by atoms with van der Waals surface area (Å²) in [5, 5.41) is 46.8. The van der Waals surface area contributed by atoms with Gasteiger partial charge in [0.1, 0.15) is 31.0 Å². The van der Waals surface area contributed by atoms with Gasteiger partial charge in [-0.1, -0.05) is 31.5 Å². The van der Waals surface area contributed by atoms with Crippen molar-refractivity contribution < 1.29 is 35.1 Å². The summed E-state index contributed by atoms with van der Waals surface area (Å²) < 4.78 is 4.96. The molecule has 23 heavy (non-hydrogen) atoms. The molecular formula is C16H24O7. The zero-order chi connectivity index (χ0) is 17.4. The summed E-state index contributed by atoms with van der Waals surface area (Å²) in [7, 11) is 0. The lowest BCUT2D eigenvalue weighted by molar-refractivity contribution is -0.124. The Balaban J connectivity index is 2.62. The van der Waals surface area contributed by atoms with Gasteiger partial charge in [0.25, 0.3) is 0 Å². The summed E-state index contributed by atoms with van der Waals surface area (Å²) in [6.07, 6.45) is -5.12. The Labute approximate surface area is 134 Å². The second-order valence-electron chi connectivity index (χ2n) is 5.30. The molecule has 1 aromatic rings. The van der Waals surface area contributed by atoms with Gasteiger partial charge in [0.15, 0.2) is 0 Å². The Morgan fingerprint density at radius 2 is 1.70 bits per heavy atom. The maximum absolute atomic E-state index is 12.1. The fourth-order valence-electron chi connectivity index (χ4n) is 2.11. The summed E-state index contributed by atoms with van der Waals surface area (Å²) in [5.41, 5.74) is 1.21. The van der Waals surface area contributed by atoms with Crippen LogP contribution in [0.15, 0.2) is 24.3 Å². The molecule has 0 aromatic heterocycles. The van der Waals surface area contributed by atoms with E-state index in [0.29, 0.717) is 12.0 Å². The average Bonchev–Trinajstić information content (AvgIpc) is 2.58. The summed E-state index contributed by atoms with van der Waals surface area (Å²) in [6, 6.07) is 6.93. The molecule has 0 aliphatic carbocycles. The van der Waals surface area contributed by atoms with Crippen molar-refractivity contribution in [3.05, 3.63) is 35.4 Å². The molecular weight excluding hydrogens is 304 g/mol. The Morgan fingerprint density at radius 3 is 2.30 bits per heavy atom.